The molecule has 1 amide bonds. The number of halogens is 2. The molecule has 0 saturated carbocycles. The fourth-order valence-electron chi connectivity index (χ4n) is 3.33. The fraction of sp³-hybridized carbons (Fsp3) is 0.238. The van der Waals surface area contributed by atoms with Gasteiger partial charge in [-0.1, -0.05) is 23.2 Å². The second-order valence-corrected chi connectivity index (χ2v) is 8.67. The molecular formula is C21H17Cl2N3O4S. The minimum Gasteiger partial charge on any atom is -0.376 e. The number of ether oxygens (including phenoxy) is 1. The van der Waals surface area contributed by atoms with Crippen molar-refractivity contribution in [3.8, 4) is 11.3 Å². The van der Waals surface area contributed by atoms with E-state index in [-0.39, 0.29) is 17.7 Å². The Kier molecular flexibility index (Phi) is 6.52. The third-order valence-corrected chi connectivity index (χ3v) is 6.32. The van der Waals surface area contributed by atoms with E-state index in [0.717, 1.165) is 12.8 Å². The summed E-state index contributed by atoms with van der Waals surface area (Å²) >= 11 is 13.6. The van der Waals surface area contributed by atoms with Crippen molar-refractivity contribution in [3.05, 3.63) is 73.6 Å². The first-order valence-electron chi connectivity index (χ1n) is 9.51. The summed E-state index contributed by atoms with van der Waals surface area (Å²) in [4.78, 5) is 29.9. The molecule has 1 aliphatic rings. The van der Waals surface area contributed by atoms with E-state index in [1.807, 2.05) is 5.38 Å². The molecule has 1 fully saturated rings. The molecule has 0 radical (unpaired) electrons. The number of nitro groups is 1. The molecule has 0 bridgehead atoms. The molecular weight excluding hydrogens is 461 g/mol. The van der Waals surface area contributed by atoms with Crippen LogP contribution >= 0.6 is 34.5 Å². The van der Waals surface area contributed by atoms with Gasteiger partial charge < -0.3 is 4.74 Å². The highest BCUT2D eigenvalue weighted by atomic mass is 35.5. The summed E-state index contributed by atoms with van der Waals surface area (Å²) in [6.07, 6.45) is 1.70. The van der Waals surface area contributed by atoms with E-state index in [1.54, 1.807) is 23.1 Å². The minimum absolute atomic E-state index is 0.0730. The van der Waals surface area contributed by atoms with Crippen molar-refractivity contribution in [1.29, 1.82) is 0 Å². The van der Waals surface area contributed by atoms with Gasteiger partial charge in [0.05, 0.1) is 28.3 Å². The van der Waals surface area contributed by atoms with Gasteiger partial charge in [0.2, 0.25) is 0 Å². The first kappa shape index (κ1) is 21.7. The third-order valence-electron chi connectivity index (χ3n) is 4.91. The molecule has 10 heteroatoms. The van der Waals surface area contributed by atoms with Crippen molar-refractivity contribution >= 4 is 51.3 Å². The molecule has 1 aliphatic heterocycles. The normalized spacial score (nSPS) is 15.7. The smallest absolute Gasteiger partial charge is 0.269 e. The van der Waals surface area contributed by atoms with Crippen LogP contribution in [0.3, 0.4) is 0 Å². The van der Waals surface area contributed by atoms with Crippen molar-refractivity contribution in [3.63, 3.8) is 0 Å². The molecule has 7 nitrogen and oxygen atoms in total. The maximum absolute atomic E-state index is 13.3. The van der Waals surface area contributed by atoms with Gasteiger partial charge in [-0.15, -0.1) is 11.3 Å². The van der Waals surface area contributed by atoms with Crippen LogP contribution in [0.1, 0.15) is 23.2 Å². The van der Waals surface area contributed by atoms with E-state index in [0.29, 0.717) is 45.1 Å². The summed E-state index contributed by atoms with van der Waals surface area (Å²) in [5.74, 6) is -0.298. The van der Waals surface area contributed by atoms with E-state index in [9.17, 15) is 14.9 Å². The van der Waals surface area contributed by atoms with Crippen molar-refractivity contribution in [2.75, 3.05) is 18.1 Å². The Morgan fingerprint density at radius 1 is 1.26 bits per heavy atom. The van der Waals surface area contributed by atoms with Crippen LogP contribution in [-0.2, 0) is 4.74 Å². The summed E-state index contributed by atoms with van der Waals surface area (Å²) in [5.41, 5.74) is 1.62. The Balaban J connectivity index is 1.65. The molecule has 0 aliphatic carbocycles. The molecule has 0 spiro atoms. The highest BCUT2D eigenvalue weighted by Crippen LogP contribution is 2.34. The Hall–Kier alpha value is -2.52. The predicted molar refractivity (Wildman–Crippen MR) is 121 cm³/mol. The Morgan fingerprint density at radius 3 is 2.68 bits per heavy atom. The van der Waals surface area contributed by atoms with Gasteiger partial charge in [0.1, 0.15) is 0 Å². The number of aromatic nitrogens is 1. The first-order chi connectivity index (χ1) is 14.9. The van der Waals surface area contributed by atoms with E-state index in [4.69, 9.17) is 27.9 Å². The number of thiazole rings is 1. The van der Waals surface area contributed by atoms with E-state index >= 15 is 0 Å². The zero-order chi connectivity index (χ0) is 22.0. The number of hydrogen-bond acceptors (Lipinski definition) is 6. The van der Waals surface area contributed by atoms with Gasteiger partial charge >= 0.3 is 0 Å². The van der Waals surface area contributed by atoms with Crippen LogP contribution < -0.4 is 4.90 Å². The zero-order valence-electron chi connectivity index (χ0n) is 16.2. The predicted octanol–water partition coefficient (Wildman–Crippen LogP) is 5.85. The van der Waals surface area contributed by atoms with Crippen LogP contribution in [0.25, 0.3) is 11.3 Å². The summed E-state index contributed by atoms with van der Waals surface area (Å²) in [6.45, 7) is 1.00. The number of amides is 1. The number of carbonyl (C=O) groups excluding carboxylic acids is 1. The van der Waals surface area contributed by atoms with Gasteiger partial charge in [-0.3, -0.25) is 19.8 Å². The molecule has 160 valence electrons. The Labute approximate surface area is 192 Å². The quantitative estimate of drug-likeness (QED) is 0.328. The Bertz CT molecular complexity index is 1110. The Morgan fingerprint density at radius 2 is 2.03 bits per heavy atom. The monoisotopic (exact) mass is 477 g/mol. The largest absolute Gasteiger partial charge is 0.376 e. The number of nitrogens with zero attached hydrogens (tertiary/aromatic N) is 3. The van der Waals surface area contributed by atoms with Gasteiger partial charge in [-0.25, -0.2) is 4.98 Å². The van der Waals surface area contributed by atoms with Crippen LogP contribution in [0.5, 0.6) is 0 Å². The van der Waals surface area contributed by atoms with Crippen LogP contribution in [0.15, 0.2) is 47.8 Å². The zero-order valence-corrected chi connectivity index (χ0v) is 18.5. The molecule has 3 aromatic rings. The lowest BCUT2D eigenvalue weighted by Crippen LogP contribution is -2.37. The van der Waals surface area contributed by atoms with Crippen molar-refractivity contribution < 1.29 is 14.5 Å². The van der Waals surface area contributed by atoms with E-state index < -0.39 is 4.92 Å². The van der Waals surface area contributed by atoms with E-state index in [2.05, 4.69) is 4.98 Å². The average Bonchev–Trinajstić information content (AvgIpc) is 3.44. The highest BCUT2D eigenvalue weighted by Gasteiger charge is 2.27. The lowest BCUT2D eigenvalue weighted by molar-refractivity contribution is -0.384. The van der Waals surface area contributed by atoms with Gasteiger partial charge in [0.25, 0.3) is 11.6 Å². The van der Waals surface area contributed by atoms with Gasteiger partial charge in [0, 0.05) is 40.3 Å². The molecule has 1 aromatic heterocycles. The molecule has 0 N–H and O–H groups in total. The summed E-state index contributed by atoms with van der Waals surface area (Å²) in [7, 11) is 0. The molecule has 31 heavy (non-hydrogen) atoms. The fourth-order valence-corrected chi connectivity index (χ4v) is 4.67. The number of rotatable bonds is 6. The van der Waals surface area contributed by atoms with Crippen molar-refractivity contribution in [1.82, 2.24) is 4.98 Å². The van der Waals surface area contributed by atoms with E-state index in [1.165, 1.54) is 35.6 Å². The number of non-ortho nitro benzene ring substituents is 1. The van der Waals surface area contributed by atoms with Crippen LogP contribution in [0.4, 0.5) is 10.8 Å². The number of carbonyl (C=O) groups is 1. The molecule has 2 heterocycles. The highest BCUT2D eigenvalue weighted by molar-refractivity contribution is 7.14. The van der Waals surface area contributed by atoms with Crippen LogP contribution in [0.2, 0.25) is 10.0 Å². The van der Waals surface area contributed by atoms with Crippen molar-refractivity contribution in [2.24, 2.45) is 0 Å². The minimum atomic E-state index is -0.499. The summed E-state index contributed by atoms with van der Waals surface area (Å²) in [5, 5.41) is 14.2. The second kappa shape index (κ2) is 9.32. The number of benzene rings is 2. The maximum Gasteiger partial charge on any atom is 0.269 e. The number of nitro benzene ring substituents is 1. The lowest BCUT2D eigenvalue weighted by Gasteiger charge is -2.23. The molecule has 1 atom stereocenters. The van der Waals surface area contributed by atoms with Gasteiger partial charge in [-0.05, 0) is 43.2 Å². The molecule has 2 aromatic carbocycles. The molecule has 4 rings (SSSR count). The van der Waals surface area contributed by atoms with Crippen LogP contribution in [0, 0.1) is 10.1 Å². The number of hydrogen-bond donors (Lipinski definition) is 0. The molecule has 1 saturated heterocycles. The maximum atomic E-state index is 13.3. The topological polar surface area (TPSA) is 85.6 Å². The number of anilines is 1. The third kappa shape index (κ3) is 4.88. The summed E-state index contributed by atoms with van der Waals surface area (Å²) < 4.78 is 5.72. The second-order valence-electron chi connectivity index (χ2n) is 6.99. The van der Waals surface area contributed by atoms with Crippen LogP contribution in [-0.4, -0.2) is 35.1 Å². The lowest BCUT2D eigenvalue weighted by atomic mass is 10.1. The average molecular weight is 478 g/mol. The standard InChI is InChI=1S/C21H17Cl2N3O4S/c22-14-5-8-17(18(23)10-14)19-12-31-21(24-19)25(11-16-2-1-9-30-16)20(27)13-3-6-15(7-4-13)26(28)29/h3-8,10,12,16H,1-2,9,11H2. The van der Waals surface area contributed by atoms with Gasteiger partial charge in [0.15, 0.2) is 5.13 Å². The van der Waals surface area contributed by atoms with Crippen molar-refractivity contribution in [2.45, 2.75) is 18.9 Å². The SMILES string of the molecule is O=C(c1ccc([N+](=O)[O-])cc1)N(CC1CCCO1)c1nc(-c2ccc(Cl)cc2Cl)cs1. The first-order valence-corrected chi connectivity index (χ1v) is 11.1. The molecule has 1 unspecified atom stereocenters. The summed E-state index contributed by atoms with van der Waals surface area (Å²) in [6, 6.07) is 10.7. The van der Waals surface area contributed by atoms with Gasteiger partial charge in [-0.2, -0.15) is 0 Å².